The van der Waals surface area contributed by atoms with Gasteiger partial charge in [0.1, 0.15) is 5.84 Å². The van der Waals surface area contributed by atoms with Crippen molar-refractivity contribution >= 4 is 44.4 Å². The van der Waals surface area contributed by atoms with Crippen LogP contribution in [0.1, 0.15) is 11.1 Å². The summed E-state index contributed by atoms with van der Waals surface area (Å²) in [5, 5.41) is 3.20. The third-order valence-electron chi connectivity index (χ3n) is 2.58. The molecule has 0 spiro atoms. The lowest BCUT2D eigenvalue weighted by atomic mass is 10.1. The summed E-state index contributed by atoms with van der Waals surface area (Å²) in [5.41, 5.74) is 1.82. The van der Waals surface area contributed by atoms with Gasteiger partial charge in [0.15, 0.2) is 0 Å². The average Bonchev–Trinajstić information content (AvgIpc) is 2.82. The van der Waals surface area contributed by atoms with Crippen LogP contribution in [0, 0.1) is 0 Å². The van der Waals surface area contributed by atoms with Gasteiger partial charge < -0.3 is 5.32 Å². The maximum Gasteiger partial charge on any atom is 0.225 e. The largest absolute Gasteiger partial charge is 0.372 e. The van der Waals surface area contributed by atoms with Gasteiger partial charge in [-0.15, -0.1) is 16.2 Å². The van der Waals surface area contributed by atoms with Crippen LogP contribution in [0.25, 0.3) is 0 Å². The number of halogens is 2. The molecule has 0 amide bonds. The molecule has 0 radical (unpaired) electrons. The molecule has 0 fully saturated rings. The quantitative estimate of drug-likeness (QED) is 0.772. The number of benzene rings is 1. The molecular formula is C11H15BrClN3O2S. The summed E-state index contributed by atoms with van der Waals surface area (Å²) in [6.07, 6.45) is 0.718. The molecule has 5 nitrogen and oxygen atoms in total. The lowest BCUT2D eigenvalue weighted by Crippen LogP contribution is -2.20. The summed E-state index contributed by atoms with van der Waals surface area (Å²) in [6, 6.07) is 7.53. The number of sulfonamides is 1. The van der Waals surface area contributed by atoms with E-state index in [0.29, 0.717) is 0 Å². The molecule has 1 aromatic carbocycles. The summed E-state index contributed by atoms with van der Waals surface area (Å²) < 4.78 is 25.0. The van der Waals surface area contributed by atoms with Crippen LogP contribution in [0.2, 0.25) is 0 Å². The Labute approximate surface area is 127 Å². The Morgan fingerprint density at radius 1 is 1.37 bits per heavy atom. The van der Waals surface area contributed by atoms with E-state index in [0.717, 1.165) is 36.5 Å². The molecule has 8 heteroatoms. The smallest absolute Gasteiger partial charge is 0.225 e. The van der Waals surface area contributed by atoms with E-state index in [1.807, 2.05) is 18.2 Å². The van der Waals surface area contributed by atoms with Gasteiger partial charge in [0, 0.05) is 29.1 Å². The molecule has 2 rings (SSSR count). The first kappa shape index (κ1) is 16.4. The van der Waals surface area contributed by atoms with Crippen LogP contribution < -0.4 is 9.06 Å². The van der Waals surface area contributed by atoms with Gasteiger partial charge in [-0.3, -0.25) is 4.99 Å². The van der Waals surface area contributed by atoms with Gasteiger partial charge >= 0.3 is 0 Å². The van der Waals surface area contributed by atoms with Crippen LogP contribution >= 0.6 is 28.6 Å². The minimum Gasteiger partial charge on any atom is -0.372 e. The zero-order chi connectivity index (χ0) is 13.0. The van der Waals surface area contributed by atoms with E-state index in [1.54, 1.807) is 6.07 Å². The van der Waals surface area contributed by atoms with Gasteiger partial charge in [-0.25, -0.2) is 8.42 Å². The van der Waals surface area contributed by atoms with E-state index in [-0.39, 0.29) is 18.2 Å². The van der Waals surface area contributed by atoms with E-state index in [4.69, 9.17) is 0 Å². The third-order valence-corrected chi connectivity index (χ3v) is 5.01. The topological polar surface area (TPSA) is 70.6 Å². The second kappa shape index (κ2) is 7.23. The Bertz CT molecular complexity index is 563. The van der Waals surface area contributed by atoms with Crippen molar-refractivity contribution in [3.8, 4) is 0 Å². The van der Waals surface area contributed by atoms with Crippen molar-refractivity contribution in [3.05, 3.63) is 35.4 Å². The van der Waals surface area contributed by atoms with Gasteiger partial charge in [0.05, 0.1) is 12.3 Å². The van der Waals surface area contributed by atoms with Crippen LogP contribution in [0.15, 0.2) is 29.3 Å². The van der Waals surface area contributed by atoms with Crippen molar-refractivity contribution in [3.63, 3.8) is 0 Å². The number of nitrogens with one attached hydrogen (secondary N) is 2. The number of hydrogen-bond donors (Lipinski definition) is 2. The van der Waals surface area contributed by atoms with Crippen molar-refractivity contribution in [1.82, 2.24) is 9.06 Å². The van der Waals surface area contributed by atoms with Crippen molar-refractivity contribution in [2.45, 2.75) is 12.2 Å². The number of hydrogen-bond acceptors (Lipinski definition) is 4. The highest BCUT2D eigenvalue weighted by Crippen LogP contribution is 2.10. The molecule has 1 aliphatic heterocycles. The second-order valence-electron chi connectivity index (χ2n) is 4.09. The number of rotatable bonds is 5. The Morgan fingerprint density at radius 3 is 2.74 bits per heavy atom. The summed E-state index contributed by atoms with van der Waals surface area (Å²) >= 11 is 2.75. The van der Waals surface area contributed by atoms with Crippen LogP contribution in [-0.4, -0.2) is 27.3 Å². The zero-order valence-electron chi connectivity index (χ0n) is 10.1. The molecule has 106 valence electrons. The SMILES string of the molecule is Cl.O=S(=O)(Cc1cccc(CC2=NCCN2)c1)NBr. The van der Waals surface area contributed by atoms with Crippen LogP contribution in [-0.2, 0) is 22.2 Å². The Hall–Kier alpha value is -0.630. The zero-order valence-corrected chi connectivity index (χ0v) is 13.3. The molecule has 1 heterocycles. The molecule has 0 unspecified atom stereocenters. The van der Waals surface area contributed by atoms with Gasteiger partial charge in [0.2, 0.25) is 10.0 Å². The van der Waals surface area contributed by atoms with E-state index in [9.17, 15) is 8.42 Å². The average molecular weight is 369 g/mol. The fraction of sp³-hybridized carbons (Fsp3) is 0.364. The molecule has 0 bridgehead atoms. The van der Waals surface area contributed by atoms with E-state index < -0.39 is 10.0 Å². The maximum absolute atomic E-state index is 11.4. The maximum atomic E-state index is 11.4. The first-order valence-electron chi connectivity index (χ1n) is 5.54. The Kier molecular flexibility index (Phi) is 6.25. The fourth-order valence-electron chi connectivity index (χ4n) is 1.83. The molecule has 0 aliphatic carbocycles. The number of amidine groups is 1. The van der Waals surface area contributed by atoms with E-state index in [1.165, 1.54) is 0 Å². The minimum absolute atomic E-state index is 0. The lowest BCUT2D eigenvalue weighted by molar-refractivity contribution is 0.594. The minimum atomic E-state index is -3.30. The van der Waals surface area contributed by atoms with Gasteiger partial charge in [-0.2, -0.15) is 0 Å². The van der Waals surface area contributed by atoms with E-state index >= 15 is 0 Å². The molecule has 1 aliphatic rings. The molecule has 0 saturated carbocycles. The predicted octanol–water partition coefficient (Wildman–Crippen LogP) is 1.38. The predicted molar refractivity (Wildman–Crippen MR) is 82.4 cm³/mol. The van der Waals surface area contributed by atoms with Crippen molar-refractivity contribution in [1.29, 1.82) is 0 Å². The molecule has 19 heavy (non-hydrogen) atoms. The molecule has 0 atom stereocenters. The van der Waals surface area contributed by atoms with E-state index in [2.05, 4.69) is 30.2 Å². The summed E-state index contributed by atoms with van der Waals surface area (Å²) in [6.45, 7) is 1.70. The number of aliphatic imine (C=N–C) groups is 1. The monoisotopic (exact) mass is 367 g/mol. The standard InChI is InChI=1S/C11H14BrN3O2S.ClH/c12-15-18(16,17)8-10-3-1-2-9(6-10)7-11-13-4-5-14-11;/h1-3,6,15H,4-5,7-8H2,(H,13,14);1H. The van der Waals surface area contributed by atoms with Crippen LogP contribution in [0.5, 0.6) is 0 Å². The molecule has 1 aromatic rings. The van der Waals surface area contributed by atoms with Crippen LogP contribution in [0.4, 0.5) is 0 Å². The fourth-order valence-corrected chi connectivity index (χ4v) is 2.85. The number of nitrogens with zero attached hydrogens (tertiary/aromatic N) is 1. The highest BCUT2D eigenvalue weighted by atomic mass is 79.9. The highest BCUT2D eigenvalue weighted by Gasteiger charge is 2.11. The van der Waals surface area contributed by atoms with Gasteiger partial charge in [-0.1, -0.05) is 24.3 Å². The second-order valence-corrected chi connectivity index (χ2v) is 6.73. The molecular weight excluding hydrogens is 354 g/mol. The third kappa shape index (κ3) is 5.10. The Morgan fingerprint density at radius 2 is 2.11 bits per heavy atom. The summed E-state index contributed by atoms with van der Waals surface area (Å²) in [4.78, 5) is 4.32. The van der Waals surface area contributed by atoms with Gasteiger partial charge in [-0.05, 0) is 11.1 Å². The highest BCUT2D eigenvalue weighted by molar-refractivity contribution is 9.09. The van der Waals surface area contributed by atoms with Gasteiger partial charge in [0.25, 0.3) is 0 Å². The first-order valence-corrected chi connectivity index (χ1v) is 7.99. The normalized spacial score (nSPS) is 14.5. The van der Waals surface area contributed by atoms with Crippen molar-refractivity contribution in [2.75, 3.05) is 13.1 Å². The molecule has 0 aromatic heterocycles. The van der Waals surface area contributed by atoms with Crippen molar-refractivity contribution < 1.29 is 8.42 Å². The van der Waals surface area contributed by atoms with Crippen LogP contribution in [0.3, 0.4) is 0 Å². The lowest BCUT2D eigenvalue weighted by Gasteiger charge is -2.06. The summed E-state index contributed by atoms with van der Waals surface area (Å²) in [5.74, 6) is 0.931. The Balaban J connectivity index is 0.00000180. The first-order chi connectivity index (χ1) is 8.59. The molecule has 0 saturated heterocycles. The molecule has 2 N–H and O–H groups in total. The summed E-state index contributed by atoms with van der Waals surface area (Å²) in [7, 11) is -3.30. The van der Waals surface area contributed by atoms with Crippen molar-refractivity contribution in [2.24, 2.45) is 4.99 Å².